The van der Waals surface area contributed by atoms with Gasteiger partial charge in [-0.05, 0) is 31.9 Å². The molecule has 0 aliphatic rings. The van der Waals surface area contributed by atoms with Crippen molar-refractivity contribution >= 4 is 0 Å². The summed E-state index contributed by atoms with van der Waals surface area (Å²) in [4.78, 5) is 0. The first-order valence-electron chi connectivity index (χ1n) is 6.46. The Hall–Kier alpha value is -1.20. The highest BCUT2D eigenvalue weighted by Gasteiger charge is 2.08. The molecular weight excluding hydrogens is 252 g/mol. The minimum Gasteiger partial charge on any atom is -0.434 e. The second-order valence-electron chi connectivity index (χ2n) is 4.22. The number of para-hydroxylation sites is 1. The molecule has 0 saturated heterocycles. The Bertz CT molecular complexity index is 348. The molecule has 19 heavy (non-hydrogen) atoms. The summed E-state index contributed by atoms with van der Waals surface area (Å²) in [5.74, 6) is 0.240. The number of hydrogen-bond acceptors (Lipinski definition) is 3. The van der Waals surface area contributed by atoms with E-state index in [1.165, 1.54) is 0 Å². The van der Waals surface area contributed by atoms with Crippen LogP contribution in [0, 0.1) is 0 Å². The molecule has 0 amide bonds. The quantitative estimate of drug-likeness (QED) is 0.664. The Balaban J connectivity index is 2.25. The van der Waals surface area contributed by atoms with Gasteiger partial charge in [0.1, 0.15) is 5.75 Å². The fourth-order valence-electron chi connectivity index (χ4n) is 1.76. The monoisotopic (exact) mass is 273 g/mol. The number of methoxy groups -OCH3 is 1. The van der Waals surface area contributed by atoms with Crippen LogP contribution >= 0.6 is 0 Å². The van der Waals surface area contributed by atoms with Crippen molar-refractivity contribution in [2.45, 2.75) is 32.4 Å². The molecule has 3 nitrogen and oxygen atoms in total. The topological polar surface area (TPSA) is 30.5 Å². The third kappa shape index (κ3) is 7.08. The van der Waals surface area contributed by atoms with Gasteiger partial charge in [0, 0.05) is 25.8 Å². The lowest BCUT2D eigenvalue weighted by molar-refractivity contribution is -0.0504. The van der Waals surface area contributed by atoms with Crippen LogP contribution in [0.5, 0.6) is 5.75 Å². The fraction of sp³-hybridized carbons (Fsp3) is 0.571. The van der Waals surface area contributed by atoms with E-state index in [1.807, 2.05) is 6.07 Å². The van der Waals surface area contributed by atoms with Crippen LogP contribution in [-0.2, 0) is 11.3 Å². The van der Waals surface area contributed by atoms with Crippen LogP contribution in [0.3, 0.4) is 0 Å². The van der Waals surface area contributed by atoms with Gasteiger partial charge in [-0.15, -0.1) is 0 Å². The number of halogens is 2. The molecule has 0 aliphatic carbocycles. The Kier molecular flexibility index (Phi) is 8.09. The summed E-state index contributed by atoms with van der Waals surface area (Å²) < 4.78 is 33.8. The van der Waals surface area contributed by atoms with Crippen molar-refractivity contribution < 1.29 is 18.3 Å². The maximum atomic E-state index is 12.2. The highest BCUT2D eigenvalue weighted by molar-refractivity contribution is 5.33. The van der Waals surface area contributed by atoms with Gasteiger partial charge < -0.3 is 14.8 Å². The number of unbranched alkanes of at least 4 members (excludes halogenated alkanes) is 2. The van der Waals surface area contributed by atoms with Crippen LogP contribution in [0.15, 0.2) is 24.3 Å². The molecule has 1 rings (SSSR count). The van der Waals surface area contributed by atoms with Crippen LogP contribution in [-0.4, -0.2) is 26.9 Å². The number of benzene rings is 1. The van der Waals surface area contributed by atoms with E-state index in [2.05, 4.69) is 10.1 Å². The predicted molar refractivity (Wildman–Crippen MR) is 70.5 cm³/mol. The average molecular weight is 273 g/mol. The largest absolute Gasteiger partial charge is 0.434 e. The minimum atomic E-state index is -2.78. The van der Waals surface area contributed by atoms with Gasteiger partial charge >= 0.3 is 6.61 Å². The molecule has 0 aliphatic heterocycles. The van der Waals surface area contributed by atoms with Crippen LogP contribution in [0.1, 0.15) is 24.8 Å². The smallest absolute Gasteiger partial charge is 0.387 e. The predicted octanol–water partition coefficient (Wildman–Crippen LogP) is 3.19. The third-order valence-corrected chi connectivity index (χ3v) is 2.71. The molecule has 1 aromatic rings. The molecule has 1 N–H and O–H groups in total. The Morgan fingerprint density at radius 3 is 2.68 bits per heavy atom. The number of alkyl halides is 2. The van der Waals surface area contributed by atoms with E-state index in [0.717, 1.165) is 38.0 Å². The van der Waals surface area contributed by atoms with Gasteiger partial charge in [0.2, 0.25) is 0 Å². The van der Waals surface area contributed by atoms with E-state index in [9.17, 15) is 8.78 Å². The normalized spacial score (nSPS) is 10.9. The second-order valence-corrected chi connectivity index (χ2v) is 4.22. The number of hydrogen-bond donors (Lipinski definition) is 1. The molecule has 108 valence electrons. The molecule has 0 heterocycles. The first-order valence-corrected chi connectivity index (χ1v) is 6.46. The summed E-state index contributed by atoms with van der Waals surface area (Å²) in [6.07, 6.45) is 3.18. The van der Waals surface area contributed by atoms with Gasteiger partial charge in [0.25, 0.3) is 0 Å². The van der Waals surface area contributed by atoms with E-state index in [1.54, 1.807) is 25.3 Å². The highest BCUT2D eigenvalue weighted by Crippen LogP contribution is 2.19. The first kappa shape index (κ1) is 15.9. The van der Waals surface area contributed by atoms with Crippen LogP contribution in [0.4, 0.5) is 8.78 Å². The number of nitrogens with one attached hydrogen (secondary N) is 1. The lowest BCUT2D eigenvalue weighted by Gasteiger charge is -2.11. The van der Waals surface area contributed by atoms with Gasteiger partial charge in [-0.1, -0.05) is 18.2 Å². The Morgan fingerprint density at radius 1 is 1.16 bits per heavy atom. The molecule has 0 fully saturated rings. The van der Waals surface area contributed by atoms with Crippen molar-refractivity contribution in [2.75, 3.05) is 20.3 Å². The maximum absolute atomic E-state index is 12.2. The van der Waals surface area contributed by atoms with Gasteiger partial charge in [-0.2, -0.15) is 8.78 Å². The summed E-state index contributed by atoms with van der Waals surface area (Å²) in [6, 6.07) is 6.84. The minimum absolute atomic E-state index is 0.240. The van der Waals surface area contributed by atoms with Crippen molar-refractivity contribution in [2.24, 2.45) is 0 Å². The van der Waals surface area contributed by atoms with Crippen molar-refractivity contribution in [3.05, 3.63) is 29.8 Å². The van der Waals surface area contributed by atoms with Gasteiger partial charge in [-0.3, -0.25) is 0 Å². The molecule has 0 aromatic heterocycles. The molecular formula is C14H21F2NO2. The summed E-state index contributed by atoms with van der Waals surface area (Å²) >= 11 is 0. The van der Waals surface area contributed by atoms with E-state index in [0.29, 0.717) is 6.54 Å². The molecule has 0 saturated carbocycles. The highest BCUT2D eigenvalue weighted by atomic mass is 19.3. The average Bonchev–Trinajstić information content (AvgIpc) is 2.39. The fourth-order valence-corrected chi connectivity index (χ4v) is 1.76. The van der Waals surface area contributed by atoms with Crippen LogP contribution in [0.25, 0.3) is 0 Å². The summed E-state index contributed by atoms with van der Waals surface area (Å²) in [5, 5.41) is 3.23. The first-order chi connectivity index (χ1) is 9.24. The Labute approximate surface area is 112 Å². The third-order valence-electron chi connectivity index (χ3n) is 2.71. The number of rotatable bonds is 10. The Morgan fingerprint density at radius 2 is 1.95 bits per heavy atom. The van der Waals surface area contributed by atoms with Gasteiger partial charge in [0.15, 0.2) is 0 Å². The maximum Gasteiger partial charge on any atom is 0.387 e. The SMILES string of the molecule is COCCCCCNCc1ccccc1OC(F)F. The van der Waals surface area contributed by atoms with E-state index in [4.69, 9.17) is 4.74 Å². The van der Waals surface area contributed by atoms with Gasteiger partial charge in [0.05, 0.1) is 0 Å². The molecule has 0 bridgehead atoms. The molecule has 0 unspecified atom stereocenters. The van der Waals surface area contributed by atoms with Gasteiger partial charge in [-0.25, -0.2) is 0 Å². The standard InChI is InChI=1S/C14H21F2NO2/c1-18-10-6-2-5-9-17-11-12-7-3-4-8-13(12)19-14(15)16/h3-4,7-8,14,17H,2,5-6,9-11H2,1H3. The molecule has 0 spiro atoms. The van der Waals surface area contributed by atoms with Crippen LogP contribution in [0.2, 0.25) is 0 Å². The molecule has 0 radical (unpaired) electrons. The zero-order chi connectivity index (χ0) is 13.9. The second kappa shape index (κ2) is 9.69. The van der Waals surface area contributed by atoms with Crippen LogP contribution < -0.4 is 10.1 Å². The lowest BCUT2D eigenvalue weighted by Crippen LogP contribution is -2.16. The number of ether oxygens (including phenoxy) is 2. The zero-order valence-corrected chi connectivity index (χ0v) is 11.2. The summed E-state index contributed by atoms with van der Waals surface area (Å²) in [7, 11) is 1.69. The summed E-state index contributed by atoms with van der Waals surface area (Å²) in [6.45, 7) is -0.611. The zero-order valence-electron chi connectivity index (χ0n) is 11.2. The molecule has 0 atom stereocenters. The van der Waals surface area contributed by atoms with E-state index in [-0.39, 0.29) is 5.75 Å². The van der Waals surface area contributed by atoms with Crippen molar-refractivity contribution in [3.8, 4) is 5.75 Å². The molecule has 5 heteroatoms. The lowest BCUT2D eigenvalue weighted by atomic mass is 10.2. The van der Waals surface area contributed by atoms with E-state index < -0.39 is 6.61 Å². The van der Waals surface area contributed by atoms with Crippen molar-refractivity contribution in [1.29, 1.82) is 0 Å². The molecule has 1 aromatic carbocycles. The van der Waals surface area contributed by atoms with Crippen molar-refractivity contribution in [1.82, 2.24) is 5.32 Å². The van der Waals surface area contributed by atoms with E-state index >= 15 is 0 Å². The van der Waals surface area contributed by atoms with Crippen molar-refractivity contribution in [3.63, 3.8) is 0 Å². The summed E-state index contributed by atoms with van der Waals surface area (Å²) in [5.41, 5.74) is 0.750.